The van der Waals surface area contributed by atoms with E-state index in [1.54, 1.807) is 0 Å². The summed E-state index contributed by atoms with van der Waals surface area (Å²) in [5.74, 6) is 2.96. The van der Waals surface area contributed by atoms with Crippen LogP contribution in [0.1, 0.15) is 71.9 Å². The first-order chi connectivity index (χ1) is 10.8. The van der Waals surface area contributed by atoms with Gasteiger partial charge in [-0.05, 0) is 66.7 Å². The van der Waals surface area contributed by atoms with Crippen LogP contribution in [-0.2, 0) is 11.2 Å². The molecule has 0 N–H and O–H groups in total. The van der Waals surface area contributed by atoms with Gasteiger partial charge in [-0.3, -0.25) is 0 Å². The van der Waals surface area contributed by atoms with Crippen molar-refractivity contribution in [1.29, 1.82) is 0 Å². The molecule has 0 saturated heterocycles. The molecule has 0 saturated carbocycles. The lowest BCUT2D eigenvalue weighted by molar-refractivity contribution is -0.0613. The zero-order valence-electron chi connectivity index (χ0n) is 16.0. The average molecular weight is 319 g/mol. The second-order valence-electron chi connectivity index (χ2n) is 7.92. The van der Waals surface area contributed by atoms with Crippen LogP contribution in [0.4, 0.5) is 0 Å². The van der Waals surface area contributed by atoms with E-state index in [1.165, 1.54) is 24.0 Å². The quantitative estimate of drug-likeness (QED) is 0.592. The number of rotatable bonds is 7. The third-order valence-electron chi connectivity index (χ3n) is 5.68. The molecule has 0 spiro atoms. The molecule has 1 aliphatic rings. The van der Waals surface area contributed by atoms with Gasteiger partial charge in [0.05, 0.1) is 0 Å². The Morgan fingerprint density at radius 3 is 2.43 bits per heavy atom. The van der Waals surface area contributed by atoms with Crippen molar-refractivity contribution in [3.8, 4) is 5.75 Å². The number of benzene rings is 1. The SMILES string of the molecule is CCOC(C)Oc1ccc2c(c1)CC(C(C)(C)CC)C2C(C)C. The van der Waals surface area contributed by atoms with E-state index in [1.807, 2.05) is 13.8 Å². The van der Waals surface area contributed by atoms with Crippen LogP contribution in [0, 0.1) is 17.3 Å². The second-order valence-corrected chi connectivity index (χ2v) is 7.92. The van der Waals surface area contributed by atoms with Gasteiger partial charge in [-0.1, -0.05) is 47.1 Å². The van der Waals surface area contributed by atoms with Crippen LogP contribution in [0.3, 0.4) is 0 Å². The predicted octanol–water partition coefficient (Wildman–Crippen LogP) is 5.80. The fourth-order valence-corrected chi connectivity index (χ4v) is 4.05. The van der Waals surface area contributed by atoms with E-state index in [4.69, 9.17) is 9.47 Å². The lowest BCUT2D eigenvalue weighted by atomic mass is 9.68. The lowest BCUT2D eigenvalue weighted by Gasteiger charge is -2.37. The van der Waals surface area contributed by atoms with Gasteiger partial charge in [0.1, 0.15) is 5.75 Å². The van der Waals surface area contributed by atoms with E-state index < -0.39 is 0 Å². The zero-order chi connectivity index (χ0) is 17.2. The summed E-state index contributed by atoms with van der Waals surface area (Å²) in [5.41, 5.74) is 3.37. The van der Waals surface area contributed by atoms with Crippen molar-refractivity contribution in [1.82, 2.24) is 0 Å². The van der Waals surface area contributed by atoms with Crippen LogP contribution in [0.25, 0.3) is 0 Å². The molecule has 2 nitrogen and oxygen atoms in total. The van der Waals surface area contributed by atoms with Gasteiger partial charge in [0.2, 0.25) is 0 Å². The molecule has 3 unspecified atom stereocenters. The van der Waals surface area contributed by atoms with Crippen molar-refractivity contribution in [3.05, 3.63) is 29.3 Å². The molecule has 1 aliphatic carbocycles. The number of ether oxygens (including phenoxy) is 2. The summed E-state index contributed by atoms with van der Waals surface area (Å²) in [7, 11) is 0. The fraction of sp³-hybridized carbons (Fsp3) is 0.714. The Bertz CT molecular complexity index is 519. The third-order valence-corrected chi connectivity index (χ3v) is 5.68. The highest BCUT2D eigenvalue weighted by Crippen LogP contribution is 2.52. The molecular formula is C21H34O2. The topological polar surface area (TPSA) is 18.5 Å². The molecule has 3 atom stereocenters. The van der Waals surface area contributed by atoms with Crippen molar-refractivity contribution in [3.63, 3.8) is 0 Å². The molecule has 0 aliphatic heterocycles. The van der Waals surface area contributed by atoms with Gasteiger partial charge in [-0.15, -0.1) is 0 Å². The Labute approximate surface area is 142 Å². The summed E-state index contributed by atoms with van der Waals surface area (Å²) >= 11 is 0. The number of hydrogen-bond acceptors (Lipinski definition) is 2. The lowest BCUT2D eigenvalue weighted by Crippen LogP contribution is -2.29. The normalized spacial score (nSPS) is 22.3. The molecule has 2 rings (SSSR count). The Balaban J connectivity index is 2.27. The van der Waals surface area contributed by atoms with Gasteiger partial charge in [0, 0.05) is 6.61 Å². The highest BCUT2D eigenvalue weighted by molar-refractivity contribution is 5.42. The van der Waals surface area contributed by atoms with E-state index in [0.29, 0.717) is 29.8 Å². The van der Waals surface area contributed by atoms with E-state index >= 15 is 0 Å². The maximum Gasteiger partial charge on any atom is 0.196 e. The van der Waals surface area contributed by atoms with Crippen molar-refractivity contribution >= 4 is 0 Å². The molecule has 1 aromatic carbocycles. The summed E-state index contributed by atoms with van der Waals surface area (Å²) in [6, 6.07) is 6.65. The zero-order valence-corrected chi connectivity index (χ0v) is 16.0. The minimum absolute atomic E-state index is 0.191. The Kier molecular flexibility index (Phi) is 5.78. The van der Waals surface area contributed by atoms with Gasteiger partial charge in [-0.2, -0.15) is 0 Å². The van der Waals surface area contributed by atoms with Gasteiger partial charge < -0.3 is 9.47 Å². The highest BCUT2D eigenvalue weighted by Gasteiger charge is 2.42. The summed E-state index contributed by atoms with van der Waals surface area (Å²) in [6.45, 7) is 16.5. The van der Waals surface area contributed by atoms with Gasteiger partial charge in [0.25, 0.3) is 0 Å². The molecular weight excluding hydrogens is 284 g/mol. The third kappa shape index (κ3) is 3.91. The molecule has 0 heterocycles. The van der Waals surface area contributed by atoms with E-state index in [2.05, 4.69) is 52.8 Å². The average Bonchev–Trinajstić information content (AvgIpc) is 2.87. The van der Waals surface area contributed by atoms with Gasteiger partial charge >= 0.3 is 0 Å². The molecule has 0 radical (unpaired) electrons. The van der Waals surface area contributed by atoms with Crippen LogP contribution in [0.15, 0.2) is 18.2 Å². The standard InChI is InChI=1S/C21H34O2/c1-8-21(6,7)19-13-16-12-17(23-15(5)22-9-2)10-11-18(16)20(19)14(3)4/h10-12,14-15,19-20H,8-9,13H2,1-7H3. The molecule has 2 heteroatoms. The number of hydrogen-bond donors (Lipinski definition) is 0. The van der Waals surface area contributed by atoms with Gasteiger partial charge in [-0.25, -0.2) is 0 Å². The second kappa shape index (κ2) is 7.25. The van der Waals surface area contributed by atoms with Gasteiger partial charge in [0.15, 0.2) is 6.29 Å². The Morgan fingerprint density at radius 1 is 1.17 bits per heavy atom. The summed E-state index contributed by atoms with van der Waals surface area (Å²) in [6.07, 6.45) is 2.20. The van der Waals surface area contributed by atoms with Crippen molar-refractivity contribution in [2.75, 3.05) is 6.61 Å². The van der Waals surface area contributed by atoms with Crippen LogP contribution in [-0.4, -0.2) is 12.9 Å². The fourth-order valence-electron chi connectivity index (χ4n) is 4.05. The summed E-state index contributed by atoms with van der Waals surface area (Å²) < 4.78 is 11.4. The van der Waals surface area contributed by atoms with Crippen molar-refractivity contribution < 1.29 is 9.47 Å². The molecule has 130 valence electrons. The van der Waals surface area contributed by atoms with E-state index in [9.17, 15) is 0 Å². The molecule has 0 amide bonds. The largest absolute Gasteiger partial charge is 0.465 e. The first-order valence-electron chi connectivity index (χ1n) is 9.21. The molecule has 0 aromatic heterocycles. The molecule has 1 aromatic rings. The maximum absolute atomic E-state index is 5.90. The first-order valence-corrected chi connectivity index (χ1v) is 9.21. The van der Waals surface area contributed by atoms with Crippen LogP contribution in [0.2, 0.25) is 0 Å². The monoisotopic (exact) mass is 318 g/mol. The molecule has 0 fully saturated rings. The Morgan fingerprint density at radius 2 is 1.87 bits per heavy atom. The minimum atomic E-state index is -0.191. The van der Waals surface area contributed by atoms with Crippen molar-refractivity contribution in [2.24, 2.45) is 17.3 Å². The van der Waals surface area contributed by atoms with E-state index in [-0.39, 0.29) is 6.29 Å². The first kappa shape index (κ1) is 18.3. The van der Waals surface area contributed by atoms with E-state index in [0.717, 1.165) is 5.75 Å². The summed E-state index contributed by atoms with van der Waals surface area (Å²) in [5, 5.41) is 0. The van der Waals surface area contributed by atoms with Crippen LogP contribution < -0.4 is 4.74 Å². The maximum atomic E-state index is 5.90. The van der Waals surface area contributed by atoms with Crippen LogP contribution in [0.5, 0.6) is 5.75 Å². The minimum Gasteiger partial charge on any atom is -0.465 e. The van der Waals surface area contributed by atoms with Crippen molar-refractivity contribution in [2.45, 2.75) is 73.5 Å². The predicted molar refractivity (Wildman–Crippen MR) is 97.0 cm³/mol. The highest BCUT2D eigenvalue weighted by atomic mass is 16.7. The molecule has 23 heavy (non-hydrogen) atoms. The summed E-state index contributed by atoms with van der Waals surface area (Å²) in [4.78, 5) is 0. The van der Waals surface area contributed by atoms with Crippen LogP contribution >= 0.6 is 0 Å². The Hall–Kier alpha value is -1.02. The number of fused-ring (bicyclic) bond motifs is 1. The molecule has 0 bridgehead atoms. The smallest absolute Gasteiger partial charge is 0.196 e.